The molecular formula is C43H58O2. The second kappa shape index (κ2) is 23.0. The number of benzene rings is 3. The van der Waals surface area contributed by atoms with Crippen LogP contribution in [0.2, 0.25) is 0 Å². The summed E-state index contributed by atoms with van der Waals surface area (Å²) in [5, 5.41) is 0. The zero-order valence-corrected chi connectivity index (χ0v) is 28.0. The van der Waals surface area contributed by atoms with Gasteiger partial charge in [0.25, 0.3) is 0 Å². The lowest BCUT2D eigenvalue weighted by molar-refractivity contribution is -0.147. The van der Waals surface area contributed by atoms with Crippen LogP contribution < -0.4 is 0 Å². The van der Waals surface area contributed by atoms with Gasteiger partial charge in [0.2, 0.25) is 0 Å². The highest BCUT2D eigenvalue weighted by Crippen LogP contribution is 2.40. The zero-order valence-electron chi connectivity index (χ0n) is 28.0. The van der Waals surface area contributed by atoms with E-state index in [4.69, 9.17) is 4.74 Å². The number of carbonyl (C=O) groups is 1. The summed E-state index contributed by atoms with van der Waals surface area (Å²) in [6.45, 7) is 2.29. The Morgan fingerprint density at radius 1 is 0.511 bits per heavy atom. The van der Waals surface area contributed by atoms with E-state index in [1.165, 1.54) is 115 Å². The molecule has 0 amide bonds. The molecule has 0 aromatic heterocycles. The molecule has 0 fully saturated rings. The van der Waals surface area contributed by atoms with Gasteiger partial charge < -0.3 is 4.74 Å². The van der Waals surface area contributed by atoms with Crippen LogP contribution in [0.3, 0.4) is 0 Å². The summed E-state index contributed by atoms with van der Waals surface area (Å²) in [6, 6.07) is 30.0. The monoisotopic (exact) mass is 606 g/mol. The quantitative estimate of drug-likeness (QED) is 0.0333. The normalized spacial score (nSPS) is 11.8. The van der Waals surface area contributed by atoms with Gasteiger partial charge in [0.15, 0.2) is 5.60 Å². The molecule has 0 saturated carbocycles. The third-order valence-corrected chi connectivity index (χ3v) is 8.75. The summed E-state index contributed by atoms with van der Waals surface area (Å²) in [7, 11) is 0. The molecule has 3 rings (SSSR count). The molecule has 0 aliphatic heterocycles. The maximum Gasteiger partial charge on any atom is 0.332 e. The van der Waals surface area contributed by atoms with E-state index in [9.17, 15) is 4.79 Å². The van der Waals surface area contributed by atoms with E-state index in [1.54, 1.807) is 0 Å². The van der Waals surface area contributed by atoms with E-state index >= 15 is 0 Å². The minimum Gasteiger partial charge on any atom is -0.441 e. The predicted molar refractivity (Wildman–Crippen MR) is 192 cm³/mol. The topological polar surface area (TPSA) is 26.3 Å². The van der Waals surface area contributed by atoms with Gasteiger partial charge in [0, 0.05) is 22.8 Å². The molecule has 3 aromatic carbocycles. The molecule has 0 heterocycles. The molecule has 0 unspecified atom stereocenters. The second-order valence-electron chi connectivity index (χ2n) is 12.4. The van der Waals surface area contributed by atoms with Gasteiger partial charge in [-0.25, -0.2) is 4.79 Å². The van der Waals surface area contributed by atoms with E-state index in [0.29, 0.717) is 0 Å². The molecular weight excluding hydrogens is 548 g/mol. The van der Waals surface area contributed by atoms with Crippen LogP contribution in [0.15, 0.2) is 115 Å². The van der Waals surface area contributed by atoms with E-state index in [0.717, 1.165) is 23.1 Å². The molecule has 2 heteroatoms. The molecule has 0 saturated heterocycles. The van der Waals surface area contributed by atoms with Crippen LogP contribution >= 0.6 is 0 Å². The number of ether oxygens (including phenoxy) is 1. The molecule has 242 valence electrons. The van der Waals surface area contributed by atoms with Gasteiger partial charge >= 0.3 is 5.97 Å². The van der Waals surface area contributed by atoms with Crippen LogP contribution in [0.1, 0.15) is 139 Å². The van der Waals surface area contributed by atoms with Crippen molar-refractivity contribution in [3.8, 4) is 0 Å². The summed E-state index contributed by atoms with van der Waals surface area (Å²) in [6.07, 6.45) is 32.2. The number of rotatable bonds is 24. The van der Waals surface area contributed by atoms with Crippen LogP contribution in [-0.2, 0) is 15.1 Å². The number of esters is 1. The molecule has 2 nitrogen and oxygen atoms in total. The molecule has 0 N–H and O–H groups in total. The van der Waals surface area contributed by atoms with Gasteiger partial charge in [0.05, 0.1) is 0 Å². The van der Waals surface area contributed by atoms with Crippen molar-refractivity contribution in [1.29, 1.82) is 0 Å². The highest BCUT2D eigenvalue weighted by atomic mass is 16.6. The van der Waals surface area contributed by atoms with Crippen LogP contribution in [0.5, 0.6) is 0 Å². The summed E-state index contributed by atoms with van der Waals surface area (Å²) in [5.74, 6) is -0.367. The Balaban J connectivity index is 1.32. The summed E-state index contributed by atoms with van der Waals surface area (Å²) >= 11 is 0. The van der Waals surface area contributed by atoms with Gasteiger partial charge in [-0.2, -0.15) is 0 Å². The smallest absolute Gasteiger partial charge is 0.332 e. The SMILES string of the molecule is CCCCCCCCCCCCCCCCCCCC=CC=CC(=O)OC(c1ccccc1)(c1ccccc1)c1ccccc1. The van der Waals surface area contributed by atoms with Crippen molar-refractivity contribution >= 4 is 5.97 Å². The van der Waals surface area contributed by atoms with Crippen molar-refractivity contribution in [3.05, 3.63) is 132 Å². The number of hydrogen-bond donors (Lipinski definition) is 0. The van der Waals surface area contributed by atoms with E-state index in [-0.39, 0.29) is 5.97 Å². The fourth-order valence-corrected chi connectivity index (χ4v) is 6.18. The van der Waals surface area contributed by atoms with Crippen LogP contribution in [0.4, 0.5) is 0 Å². The first-order valence-electron chi connectivity index (χ1n) is 18.0. The molecule has 0 radical (unpaired) electrons. The zero-order chi connectivity index (χ0) is 31.7. The van der Waals surface area contributed by atoms with Crippen molar-refractivity contribution < 1.29 is 9.53 Å². The Bertz CT molecular complexity index is 1100. The van der Waals surface area contributed by atoms with Gasteiger partial charge in [-0.3, -0.25) is 0 Å². The third-order valence-electron chi connectivity index (χ3n) is 8.75. The maximum atomic E-state index is 13.2. The Morgan fingerprint density at radius 2 is 0.867 bits per heavy atom. The highest BCUT2D eigenvalue weighted by Gasteiger charge is 2.40. The van der Waals surface area contributed by atoms with Crippen molar-refractivity contribution in [1.82, 2.24) is 0 Å². The number of hydrogen-bond acceptors (Lipinski definition) is 2. The Hall–Kier alpha value is -3.39. The first-order chi connectivity index (χ1) is 22.3. The molecule has 0 atom stereocenters. The summed E-state index contributed by atoms with van der Waals surface area (Å²) < 4.78 is 6.38. The van der Waals surface area contributed by atoms with Crippen LogP contribution in [-0.4, -0.2) is 5.97 Å². The molecule has 45 heavy (non-hydrogen) atoms. The second-order valence-corrected chi connectivity index (χ2v) is 12.4. The van der Waals surface area contributed by atoms with Gasteiger partial charge in [-0.15, -0.1) is 0 Å². The molecule has 0 aliphatic rings. The Kier molecular flexibility index (Phi) is 18.5. The number of unbranched alkanes of at least 4 members (excludes halogenated alkanes) is 17. The largest absolute Gasteiger partial charge is 0.441 e. The maximum absolute atomic E-state index is 13.2. The lowest BCUT2D eigenvalue weighted by atomic mass is 9.80. The molecule has 0 spiro atoms. The van der Waals surface area contributed by atoms with Crippen molar-refractivity contribution in [2.24, 2.45) is 0 Å². The van der Waals surface area contributed by atoms with Crippen molar-refractivity contribution in [2.45, 2.75) is 128 Å². The first kappa shape index (κ1) is 36.1. The van der Waals surface area contributed by atoms with Crippen LogP contribution in [0.25, 0.3) is 0 Å². The van der Waals surface area contributed by atoms with E-state index < -0.39 is 5.60 Å². The number of allylic oxidation sites excluding steroid dienone is 3. The molecule has 0 bridgehead atoms. The minimum absolute atomic E-state index is 0.367. The average Bonchev–Trinajstić information content (AvgIpc) is 3.09. The summed E-state index contributed by atoms with van der Waals surface area (Å²) in [4.78, 5) is 13.2. The van der Waals surface area contributed by atoms with E-state index in [2.05, 4.69) is 13.0 Å². The van der Waals surface area contributed by atoms with Crippen molar-refractivity contribution in [3.63, 3.8) is 0 Å². The summed E-state index contributed by atoms with van der Waals surface area (Å²) in [5.41, 5.74) is 1.71. The third kappa shape index (κ3) is 13.6. The first-order valence-corrected chi connectivity index (χ1v) is 18.0. The van der Waals surface area contributed by atoms with Crippen LogP contribution in [0, 0.1) is 0 Å². The van der Waals surface area contributed by atoms with E-state index in [1.807, 2.05) is 103 Å². The molecule has 3 aromatic rings. The Labute approximate surface area is 275 Å². The average molecular weight is 607 g/mol. The standard InChI is InChI=1S/C43H58O2/c1-2-3-4-5-6-7-8-9-10-11-12-13-14-15-16-17-18-19-20-21-31-38-42(44)45-43(39-32-25-22-26-33-39,40-34-27-23-28-35-40)41-36-29-24-30-37-41/h20-38H,2-19H2,1H3. The predicted octanol–water partition coefficient (Wildman–Crippen LogP) is 12.7. The van der Waals surface area contributed by atoms with Gasteiger partial charge in [0.1, 0.15) is 0 Å². The highest BCUT2D eigenvalue weighted by molar-refractivity contribution is 5.83. The van der Waals surface area contributed by atoms with Gasteiger partial charge in [-0.05, 0) is 12.8 Å². The lowest BCUT2D eigenvalue weighted by Gasteiger charge is -2.35. The lowest BCUT2D eigenvalue weighted by Crippen LogP contribution is -2.34. The Morgan fingerprint density at radius 3 is 1.24 bits per heavy atom. The fraction of sp³-hybridized carbons (Fsp3) is 0.465. The minimum atomic E-state index is -1.04. The molecule has 0 aliphatic carbocycles. The fourth-order valence-electron chi connectivity index (χ4n) is 6.18. The number of carbonyl (C=O) groups excluding carboxylic acids is 1. The van der Waals surface area contributed by atoms with Gasteiger partial charge in [-0.1, -0.05) is 219 Å². The van der Waals surface area contributed by atoms with Crippen molar-refractivity contribution in [2.75, 3.05) is 0 Å².